The van der Waals surface area contributed by atoms with Crippen molar-refractivity contribution < 1.29 is 31.8 Å². The van der Waals surface area contributed by atoms with Gasteiger partial charge in [0.25, 0.3) is 6.43 Å². The molecular formula is C22H25ClF5NO2. The van der Waals surface area contributed by atoms with Crippen LogP contribution >= 0.6 is 11.6 Å². The number of aliphatic hydroxyl groups is 1. The Labute approximate surface area is 183 Å². The molecule has 2 aromatic rings. The Bertz CT molecular complexity index is 850. The lowest BCUT2D eigenvalue weighted by molar-refractivity contribution is -0.305. The highest BCUT2D eigenvalue weighted by Crippen LogP contribution is 2.43. The molecule has 1 N–H and O–H groups in total. The zero-order valence-corrected chi connectivity index (χ0v) is 18.2. The van der Waals surface area contributed by atoms with Crippen LogP contribution in [-0.4, -0.2) is 31.4 Å². The minimum Gasteiger partial charge on any atom is -0.495 e. The summed E-state index contributed by atoms with van der Waals surface area (Å²) in [6.07, 6.45) is -7.83. The number of unbranched alkanes of at least 4 members (excludes halogenated alkanes) is 1. The van der Waals surface area contributed by atoms with Gasteiger partial charge in [-0.3, -0.25) is 0 Å². The number of ether oxygens (including phenoxy) is 1. The zero-order valence-electron chi connectivity index (χ0n) is 17.4. The largest absolute Gasteiger partial charge is 0.495 e. The van der Waals surface area contributed by atoms with Crippen molar-refractivity contribution in [2.24, 2.45) is 0 Å². The van der Waals surface area contributed by atoms with Crippen LogP contribution in [0.5, 0.6) is 5.75 Å². The molecule has 0 saturated carbocycles. The summed E-state index contributed by atoms with van der Waals surface area (Å²) in [5.74, 6) is 0.563. The van der Waals surface area contributed by atoms with Crippen LogP contribution in [0.25, 0.3) is 0 Å². The molecule has 0 aromatic heterocycles. The van der Waals surface area contributed by atoms with Crippen molar-refractivity contribution in [2.45, 2.75) is 51.4 Å². The van der Waals surface area contributed by atoms with E-state index in [0.717, 1.165) is 36.1 Å². The number of methoxy groups -OCH3 is 1. The minimum atomic E-state index is -5.51. The standard InChI is InChI=1S/C22H25ClF5NO2/c1-4-5-10-29(13-15-11-14(2)19(31-3)18(23)12-15)17-8-6-16(7-9-17)21(30,20(24)25)22(26,27)28/h6-9,11-12,20,30H,4-5,10,13H2,1-3H3. The fourth-order valence-electron chi connectivity index (χ4n) is 3.36. The second kappa shape index (κ2) is 10.0. The molecule has 0 spiro atoms. The molecule has 0 aliphatic rings. The van der Waals surface area contributed by atoms with Crippen LogP contribution < -0.4 is 9.64 Å². The molecule has 0 aliphatic heterocycles. The van der Waals surface area contributed by atoms with Crippen molar-refractivity contribution in [3.05, 3.63) is 58.1 Å². The molecule has 1 unspecified atom stereocenters. The van der Waals surface area contributed by atoms with Crippen LogP contribution in [0.4, 0.5) is 27.6 Å². The molecule has 0 heterocycles. The Morgan fingerprint density at radius 3 is 2.19 bits per heavy atom. The third-order valence-corrected chi connectivity index (χ3v) is 5.35. The van der Waals surface area contributed by atoms with Crippen LogP contribution in [0, 0.1) is 6.92 Å². The summed E-state index contributed by atoms with van der Waals surface area (Å²) in [4.78, 5) is 1.92. The van der Waals surface area contributed by atoms with Crippen LogP contribution in [0.1, 0.15) is 36.5 Å². The number of benzene rings is 2. The topological polar surface area (TPSA) is 32.7 Å². The molecule has 2 aromatic carbocycles. The molecule has 3 nitrogen and oxygen atoms in total. The second-order valence-electron chi connectivity index (χ2n) is 7.31. The first kappa shape index (κ1) is 25.2. The van der Waals surface area contributed by atoms with E-state index in [2.05, 4.69) is 0 Å². The highest BCUT2D eigenvalue weighted by Gasteiger charge is 2.61. The highest BCUT2D eigenvalue weighted by molar-refractivity contribution is 6.32. The van der Waals surface area contributed by atoms with E-state index >= 15 is 0 Å². The maximum Gasteiger partial charge on any atom is 0.427 e. The van der Waals surface area contributed by atoms with E-state index in [1.807, 2.05) is 24.8 Å². The molecule has 0 saturated heterocycles. The van der Waals surface area contributed by atoms with E-state index in [9.17, 15) is 27.1 Å². The SMILES string of the molecule is CCCCN(Cc1cc(C)c(OC)c(Cl)c1)c1ccc(C(O)(C(F)F)C(F)(F)F)cc1. The van der Waals surface area contributed by atoms with Gasteiger partial charge in [0.05, 0.1) is 12.1 Å². The van der Waals surface area contributed by atoms with Gasteiger partial charge in [0.1, 0.15) is 5.75 Å². The van der Waals surface area contributed by atoms with Crippen LogP contribution in [0.2, 0.25) is 5.02 Å². The van der Waals surface area contributed by atoms with E-state index in [-0.39, 0.29) is 0 Å². The van der Waals surface area contributed by atoms with Crippen molar-refractivity contribution in [2.75, 3.05) is 18.6 Å². The van der Waals surface area contributed by atoms with Crippen LogP contribution in [0.3, 0.4) is 0 Å². The van der Waals surface area contributed by atoms with Crippen molar-refractivity contribution in [1.29, 1.82) is 0 Å². The quantitative estimate of drug-likeness (QED) is 0.430. The molecule has 0 bridgehead atoms. The molecule has 2 rings (SSSR count). The van der Waals surface area contributed by atoms with Gasteiger partial charge < -0.3 is 14.7 Å². The summed E-state index contributed by atoms with van der Waals surface area (Å²) in [7, 11) is 1.52. The average molecular weight is 466 g/mol. The number of aryl methyl sites for hydroxylation is 1. The van der Waals surface area contributed by atoms with Gasteiger partial charge in [0.15, 0.2) is 0 Å². The van der Waals surface area contributed by atoms with E-state index in [1.54, 1.807) is 6.07 Å². The van der Waals surface area contributed by atoms with Gasteiger partial charge in [-0.15, -0.1) is 0 Å². The van der Waals surface area contributed by atoms with Gasteiger partial charge in [0.2, 0.25) is 5.60 Å². The molecule has 0 radical (unpaired) electrons. The number of hydrogen-bond donors (Lipinski definition) is 1. The number of anilines is 1. The molecule has 0 amide bonds. The summed E-state index contributed by atoms with van der Waals surface area (Å²) in [5.41, 5.74) is -2.88. The Kier molecular flexibility index (Phi) is 8.16. The Morgan fingerprint density at radius 1 is 1.13 bits per heavy atom. The number of rotatable bonds is 9. The smallest absolute Gasteiger partial charge is 0.427 e. The second-order valence-corrected chi connectivity index (χ2v) is 7.72. The van der Waals surface area contributed by atoms with Crippen molar-refractivity contribution in [3.63, 3.8) is 0 Å². The number of hydrogen-bond acceptors (Lipinski definition) is 3. The summed E-state index contributed by atoms with van der Waals surface area (Å²) < 4.78 is 70.9. The lowest BCUT2D eigenvalue weighted by Gasteiger charge is -2.31. The normalized spacial score (nSPS) is 13.9. The zero-order chi connectivity index (χ0) is 23.4. The predicted molar refractivity (Wildman–Crippen MR) is 111 cm³/mol. The molecule has 0 aliphatic carbocycles. The Morgan fingerprint density at radius 2 is 1.74 bits per heavy atom. The average Bonchev–Trinajstić information content (AvgIpc) is 2.69. The molecular weight excluding hydrogens is 441 g/mol. The maximum atomic E-state index is 13.1. The van der Waals surface area contributed by atoms with Crippen LogP contribution in [-0.2, 0) is 12.1 Å². The monoisotopic (exact) mass is 465 g/mol. The third-order valence-electron chi connectivity index (χ3n) is 5.07. The van der Waals surface area contributed by atoms with E-state index in [4.69, 9.17) is 16.3 Å². The first-order chi connectivity index (χ1) is 14.4. The fraction of sp³-hybridized carbons (Fsp3) is 0.455. The molecule has 1 atom stereocenters. The highest BCUT2D eigenvalue weighted by atomic mass is 35.5. The fourth-order valence-corrected chi connectivity index (χ4v) is 3.73. The Hall–Kier alpha value is -2.06. The van der Waals surface area contributed by atoms with Crippen LogP contribution in [0.15, 0.2) is 36.4 Å². The summed E-state index contributed by atoms with van der Waals surface area (Å²) >= 11 is 6.26. The third kappa shape index (κ3) is 5.41. The van der Waals surface area contributed by atoms with Crippen molar-refractivity contribution in [1.82, 2.24) is 0 Å². The Balaban J connectivity index is 2.37. The van der Waals surface area contributed by atoms with E-state index in [1.165, 1.54) is 19.2 Å². The van der Waals surface area contributed by atoms with Gasteiger partial charge in [-0.05, 0) is 48.2 Å². The lowest BCUT2D eigenvalue weighted by Crippen LogP contribution is -2.48. The number of halogens is 6. The number of nitrogens with zero attached hydrogens (tertiary/aromatic N) is 1. The van der Waals surface area contributed by atoms with Gasteiger partial charge in [0, 0.05) is 18.8 Å². The first-order valence-corrected chi connectivity index (χ1v) is 10.1. The van der Waals surface area contributed by atoms with Gasteiger partial charge in [-0.25, -0.2) is 8.78 Å². The summed E-state index contributed by atoms with van der Waals surface area (Å²) in [6, 6.07) is 8.04. The maximum absolute atomic E-state index is 13.1. The van der Waals surface area contributed by atoms with E-state index < -0.39 is 23.8 Å². The van der Waals surface area contributed by atoms with Gasteiger partial charge in [-0.1, -0.05) is 43.1 Å². The first-order valence-electron chi connectivity index (χ1n) is 9.71. The minimum absolute atomic E-state index is 0.405. The summed E-state index contributed by atoms with van der Waals surface area (Å²) in [5, 5.41) is 10.1. The van der Waals surface area contributed by atoms with Crippen molar-refractivity contribution >= 4 is 17.3 Å². The molecule has 9 heteroatoms. The van der Waals surface area contributed by atoms with Crippen molar-refractivity contribution in [3.8, 4) is 5.75 Å². The summed E-state index contributed by atoms with van der Waals surface area (Å²) in [6.45, 7) is 4.85. The number of alkyl halides is 5. The predicted octanol–water partition coefficient (Wildman–Crippen LogP) is 6.48. The van der Waals surface area contributed by atoms with Gasteiger partial charge in [-0.2, -0.15) is 13.2 Å². The molecule has 172 valence electrons. The molecule has 31 heavy (non-hydrogen) atoms. The van der Waals surface area contributed by atoms with Gasteiger partial charge >= 0.3 is 6.18 Å². The lowest BCUT2D eigenvalue weighted by atomic mass is 9.93. The molecule has 0 fully saturated rings. The van der Waals surface area contributed by atoms with E-state index in [0.29, 0.717) is 29.5 Å².